The second-order valence-corrected chi connectivity index (χ2v) is 18.3. The number of aromatic nitrogens is 4. The highest BCUT2D eigenvalue weighted by Crippen LogP contribution is 2.44. The van der Waals surface area contributed by atoms with Crippen LogP contribution in [0.1, 0.15) is 150 Å². The van der Waals surface area contributed by atoms with Crippen molar-refractivity contribution in [2.45, 2.75) is 127 Å². The normalized spacial score (nSPS) is 24.8. The molecular weight excluding hydrogens is 785 g/mol. The summed E-state index contributed by atoms with van der Waals surface area (Å²) >= 11 is 0. The van der Waals surface area contributed by atoms with Crippen LogP contribution in [0.15, 0.2) is 122 Å². The lowest BCUT2D eigenvalue weighted by Gasteiger charge is -2.35. The molecule has 3 aromatic heterocycles. The molecule has 0 spiro atoms. The second-order valence-electron chi connectivity index (χ2n) is 18.3. The van der Waals surface area contributed by atoms with Gasteiger partial charge in [0.25, 0.3) is 0 Å². The fraction of sp³-hybridized carbons (Fsp3) is 0.357. The molecule has 6 aliphatic heterocycles. The van der Waals surface area contributed by atoms with Crippen molar-refractivity contribution in [2.24, 2.45) is 0 Å². The molecule has 0 aromatic carbocycles. The third kappa shape index (κ3) is 7.86. The summed E-state index contributed by atoms with van der Waals surface area (Å²) in [6.07, 6.45) is 56.1. The lowest BCUT2D eigenvalue weighted by molar-refractivity contribution is 0.417. The minimum absolute atomic E-state index is 0.495. The van der Waals surface area contributed by atoms with E-state index in [2.05, 4.69) is 205 Å². The summed E-state index contributed by atoms with van der Waals surface area (Å²) in [5.41, 5.74) is 10.5. The van der Waals surface area contributed by atoms with Crippen LogP contribution < -0.4 is 21.3 Å². The van der Waals surface area contributed by atoms with E-state index in [9.17, 15) is 0 Å². The summed E-state index contributed by atoms with van der Waals surface area (Å²) in [4.78, 5) is 19.7. The van der Waals surface area contributed by atoms with E-state index in [0.29, 0.717) is 0 Å². The van der Waals surface area contributed by atoms with E-state index < -0.39 is 22.2 Å². The fourth-order valence-corrected chi connectivity index (χ4v) is 10.7. The highest BCUT2D eigenvalue weighted by molar-refractivity contribution is 5.86. The highest BCUT2D eigenvalue weighted by Gasteiger charge is 2.39. The lowest BCUT2D eigenvalue weighted by atomic mass is 9.82. The van der Waals surface area contributed by atoms with E-state index >= 15 is 0 Å². The standard InChI is InChI=1S/C56H66N8/c1-5-9-29-53(33-13-17-37-57-53)49-41-21-23-43(61-41)50(54(30-10-6-2)34-14-18-38-58-54)45-25-27-47(63-45)52(56(32-12-8-4)36-16-20-40-60-56)48-28-26-46(64-48)51(44-24-22-42(49)62-44)55(31-11-7-3)35-15-19-39-59-55/h13-28,33-40,57-61,64H,5-12,29-32H2,1-4H3. The molecule has 8 nitrogen and oxygen atoms in total. The van der Waals surface area contributed by atoms with Crippen molar-refractivity contribution >= 4 is 46.4 Å². The first kappa shape index (κ1) is 43.0. The number of dihydropyridines is 4. The number of H-pyrrole nitrogens is 2. The molecule has 6 aliphatic rings. The maximum absolute atomic E-state index is 5.76. The number of nitrogens with zero attached hydrogens (tertiary/aromatic N) is 2. The molecule has 6 N–H and O–H groups in total. The van der Waals surface area contributed by atoms with Crippen molar-refractivity contribution in [2.75, 3.05) is 0 Å². The van der Waals surface area contributed by atoms with Crippen molar-refractivity contribution in [1.29, 1.82) is 0 Å². The minimum Gasteiger partial charge on any atom is -0.378 e. The molecule has 0 radical (unpaired) electrons. The summed E-state index contributed by atoms with van der Waals surface area (Å²) in [5.74, 6) is 0. The van der Waals surface area contributed by atoms with Gasteiger partial charge in [0.05, 0.1) is 44.9 Å². The number of hydrogen-bond acceptors (Lipinski definition) is 6. The van der Waals surface area contributed by atoms with Crippen LogP contribution in [0.2, 0.25) is 0 Å². The smallest absolute Gasteiger partial charge is 0.0849 e. The minimum atomic E-state index is -0.495. The largest absolute Gasteiger partial charge is 0.378 e. The topological polar surface area (TPSA) is 105 Å². The van der Waals surface area contributed by atoms with E-state index in [-0.39, 0.29) is 0 Å². The van der Waals surface area contributed by atoms with Crippen LogP contribution >= 0.6 is 0 Å². The summed E-state index contributed by atoms with van der Waals surface area (Å²) in [6.45, 7) is 9.09. The SMILES string of the molecule is CCCCC1(c2c3nc(c(C4(CCCC)C=CC=CN4)c4ccc([nH]4)c(C4(CCCC)C=CC=CN4)c4nc(c(C5(CCCC)C=CC=CN5)c5ccc2[nH]5)C=C4)C=C3)C=CC=CN1. The predicted octanol–water partition coefficient (Wildman–Crippen LogP) is 12.9. The zero-order valence-corrected chi connectivity index (χ0v) is 38.2. The molecule has 4 unspecified atom stereocenters. The number of fused-ring (bicyclic) bond motifs is 8. The van der Waals surface area contributed by atoms with Crippen LogP contribution in [-0.2, 0) is 22.2 Å². The molecule has 8 heteroatoms. The van der Waals surface area contributed by atoms with Crippen LogP contribution in [-0.4, -0.2) is 19.9 Å². The van der Waals surface area contributed by atoms with E-state index in [0.717, 1.165) is 144 Å². The first-order valence-electron chi connectivity index (χ1n) is 24.1. The maximum atomic E-state index is 5.76. The van der Waals surface area contributed by atoms with Crippen LogP contribution in [0.3, 0.4) is 0 Å². The molecule has 8 bridgehead atoms. The molecule has 0 amide bonds. The molecule has 9 rings (SSSR count). The number of rotatable bonds is 16. The molecule has 0 aliphatic carbocycles. The number of allylic oxidation sites excluding steroid dienone is 8. The van der Waals surface area contributed by atoms with Gasteiger partial charge in [0.2, 0.25) is 0 Å². The Kier molecular flexibility index (Phi) is 12.4. The second kappa shape index (κ2) is 18.4. The number of nitrogens with one attached hydrogen (secondary N) is 6. The van der Waals surface area contributed by atoms with Crippen LogP contribution in [0, 0.1) is 0 Å². The van der Waals surface area contributed by atoms with Crippen LogP contribution in [0.5, 0.6) is 0 Å². The van der Waals surface area contributed by atoms with Gasteiger partial charge in [-0.1, -0.05) is 128 Å². The third-order valence-corrected chi connectivity index (χ3v) is 14.0. The van der Waals surface area contributed by atoms with Crippen LogP contribution in [0.25, 0.3) is 46.4 Å². The Hall–Kier alpha value is -6.28. The number of hydrogen-bond donors (Lipinski definition) is 6. The average molecular weight is 851 g/mol. The number of aromatic amines is 2. The van der Waals surface area contributed by atoms with E-state index in [1.807, 2.05) is 0 Å². The fourth-order valence-electron chi connectivity index (χ4n) is 10.7. The first-order valence-corrected chi connectivity index (χ1v) is 24.1. The summed E-state index contributed by atoms with van der Waals surface area (Å²) in [6, 6.07) is 9.11. The van der Waals surface area contributed by atoms with Crippen molar-refractivity contribution < 1.29 is 0 Å². The summed E-state index contributed by atoms with van der Waals surface area (Å²) in [5, 5.41) is 15.5. The quantitative estimate of drug-likeness (QED) is 0.0591. The van der Waals surface area contributed by atoms with Gasteiger partial charge >= 0.3 is 0 Å². The van der Waals surface area contributed by atoms with Crippen molar-refractivity contribution in [3.8, 4) is 0 Å². The summed E-state index contributed by atoms with van der Waals surface area (Å²) < 4.78 is 0. The van der Waals surface area contributed by atoms with Gasteiger partial charge in [-0.2, -0.15) is 0 Å². The summed E-state index contributed by atoms with van der Waals surface area (Å²) in [7, 11) is 0. The monoisotopic (exact) mass is 851 g/mol. The Morgan fingerprint density at radius 3 is 0.812 bits per heavy atom. The Bertz CT molecular complexity index is 2350. The van der Waals surface area contributed by atoms with E-state index in [1.54, 1.807) is 0 Å². The molecule has 4 atom stereocenters. The van der Waals surface area contributed by atoms with Gasteiger partial charge in [-0.05, 0) is 123 Å². The van der Waals surface area contributed by atoms with Gasteiger partial charge in [0, 0.05) is 44.3 Å². The van der Waals surface area contributed by atoms with Gasteiger partial charge in [-0.3, -0.25) is 0 Å². The molecule has 0 saturated carbocycles. The van der Waals surface area contributed by atoms with Crippen molar-refractivity contribution in [1.82, 2.24) is 41.2 Å². The number of unbranched alkanes of at least 4 members (excludes halogenated alkanes) is 4. The zero-order valence-electron chi connectivity index (χ0n) is 38.2. The first-order chi connectivity index (χ1) is 31.4. The Morgan fingerprint density at radius 1 is 0.359 bits per heavy atom. The molecule has 0 fully saturated rings. The van der Waals surface area contributed by atoms with Gasteiger partial charge in [-0.15, -0.1) is 0 Å². The lowest BCUT2D eigenvalue weighted by Crippen LogP contribution is -2.40. The van der Waals surface area contributed by atoms with Gasteiger partial charge in [-0.25, -0.2) is 9.97 Å². The van der Waals surface area contributed by atoms with E-state index in [4.69, 9.17) is 9.97 Å². The molecule has 9 heterocycles. The Balaban J connectivity index is 1.47. The van der Waals surface area contributed by atoms with Crippen molar-refractivity contribution in [3.05, 3.63) is 167 Å². The average Bonchev–Trinajstić information content (AvgIpc) is 4.19. The molecule has 330 valence electrons. The predicted molar refractivity (Wildman–Crippen MR) is 269 cm³/mol. The van der Waals surface area contributed by atoms with Gasteiger partial charge in [0.15, 0.2) is 0 Å². The van der Waals surface area contributed by atoms with Gasteiger partial charge in [0.1, 0.15) is 0 Å². The van der Waals surface area contributed by atoms with Gasteiger partial charge < -0.3 is 31.2 Å². The molecule has 64 heavy (non-hydrogen) atoms. The highest BCUT2D eigenvalue weighted by atomic mass is 15.0. The Morgan fingerprint density at radius 2 is 0.609 bits per heavy atom. The molecular formula is C56H66N8. The third-order valence-electron chi connectivity index (χ3n) is 14.0. The maximum Gasteiger partial charge on any atom is 0.0849 e. The zero-order chi connectivity index (χ0) is 44.0. The molecule has 3 aromatic rings. The van der Waals surface area contributed by atoms with Crippen molar-refractivity contribution in [3.63, 3.8) is 0 Å². The molecule has 0 saturated heterocycles. The van der Waals surface area contributed by atoms with Crippen LogP contribution in [0.4, 0.5) is 0 Å². The van der Waals surface area contributed by atoms with E-state index in [1.165, 1.54) is 0 Å². The Labute approximate surface area is 380 Å².